The van der Waals surface area contributed by atoms with Gasteiger partial charge in [0.15, 0.2) is 0 Å². The van der Waals surface area contributed by atoms with Gasteiger partial charge >= 0.3 is 0 Å². The molecule has 0 unspecified atom stereocenters. The Morgan fingerprint density at radius 1 is 0.941 bits per heavy atom. The maximum atomic E-state index is 4.40. The molecular weight excluding hydrogens is 212 g/mol. The highest BCUT2D eigenvalue weighted by Crippen LogP contribution is 2.22. The van der Waals surface area contributed by atoms with Gasteiger partial charge in [0.25, 0.3) is 0 Å². The number of aryl methyl sites for hydroxylation is 1. The van der Waals surface area contributed by atoms with Crippen molar-refractivity contribution < 1.29 is 0 Å². The molecule has 0 atom stereocenters. The van der Waals surface area contributed by atoms with Gasteiger partial charge in [0.2, 0.25) is 0 Å². The maximum Gasteiger partial charge on any atom is 0.133 e. The number of rotatable bonds is 1. The summed E-state index contributed by atoms with van der Waals surface area (Å²) in [5, 5.41) is 0. The van der Waals surface area contributed by atoms with Crippen molar-refractivity contribution in [2.24, 2.45) is 0 Å². The van der Waals surface area contributed by atoms with Crippen molar-refractivity contribution >= 4 is 0 Å². The molecule has 0 radical (unpaired) electrons. The number of nitrogens with zero attached hydrogens (tertiary/aromatic N) is 4. The lowest BCUT2D eigenvalue weighted by Gasteiger charge is -2.16. The second-order valence-corrected chi connectivity index (χ2v) is 5.07. The molecule has 0 aliphatic rings. The van der Waals surface area contributed by atoms with Crippen molar-refractivity contribution in [2.75, 3.05) is 0 Å². The van der Waals surface area contributed by atoms with Crippen molar-refractivity contribution in [1.29, 1.82) is 0 Å². The van der Waals surface area contributed by atoms with Gasteiger partial charge in [-0.15, -0.1) is 0 Å². The largest absolute Gasteiger partial charge is 0.244 e. The normalized spacial score (nSPS) is 11.5. The number of hydrogen-bond acceptors (Lipinski definition) is 4. The van der Waals surface area contributed by atoms with Gasteiger partial charge in [-0.25, -0.2) is 19.9 Å². The topological polar surface area (TPSA) is 51.6 Å². The average Bonchev–Trinajstić information content (AvgIpc) is 2.29. The van der Waals surface area contributed by atoms with E-state index in [0.717, 1.165) is 22.6 Å². The molecule has 17 heavy (non-hydrogen) atoms. The lowest BCUT2D eigenvalue weighted by Crippen LogP contribution is -2.15. The first-order valence-electron chi connectivity index (χ1n) is 5.58. The first kappa shape index (κ1) is 11.6. The van der Waals surface area contributed by atoms with Crippen LogP contribution in [0.25, 0.3) is 11.1 Å². The zero-order chi connectivity index (χ0) is 12.5. The van der Waals surface area contributed by atoms with Gasteiger partial charge in [-0.05, 0) is 6.92 Å². The molecule has 4 nitrogen and oxygen atoms in total. The molecule has 2 aromatic heterocycles. The fourth-order valence-corrected chi connectivity index (χ4v) is 1.53. The van der Waals surface area contributed by atoms with Gasteiger partial charge in [-0.1, -0.05) is 20.8 Å². The molecule has 2 aromatic rings. The molecule has 0 saturated carbocycles. The second kappa shape index (κ2) is 4.20. The highest BCUT2D eigenvalue weighted by Gasteiger charge is 2.17. The minimum absolute atomic E-state index is 0.0270. The van der Waals surface area contributed by atoms with Crippen LogP contribution in [0.2, 0.25) is 0 Å². The number of hydrogen-bond donors (Lipinski definition) is 0. The van der Waals surface area contributed by atoms with E-state index in [2.05, 4.69) is 40.7 Å². The summed E-state index contributed by atoms with van der Waals surface area (Å²) in [6, 6.07) is 0. The first-order chi connectivity index (χ1) is 7.98. The fourth-order valence-electron chi connectivity index (χ4n) is 1.53. The molecule has 88 valence electrons. The lowest BCUT2D eigenvalue weighted by atomic mass is 9.95. The Morgan fingerprint density at radius 3 is 2.12 bits per heavy atom. The van der Waals surface area contributed by atoms with E-state index in [4.69, 9.17) is 0 Å². The molecule has 0 N–H and O–H groups in total. The van der Waals surface area contributed by atoms with E-state index >= 15 is 0 Å². The third-order valence-electron chi connectivity index (χ3n) is 2.55. The van der Waals surface area contributed by atoms with Crippen LogP contribution in [0.15, 0.2) is 24.9 Å². The zero-order valence-corrected chi connectivity index (χ0v) is 10.6. The average molecular weight is 228 g/mol. The quantitative estimate of drug-likeness (QED) is 0.752. The first-order valence-corrected chi connectivity index (χ1v) is 5.58. The molecular formula is C13H16N4. The van der Waals surface area contributed by atoms with Gasteiger partial charge in [-0.2, -0.15) is 0 Å². The molecule has 0 aliphatic carbocycles. The van der Waals surface area contributed by atoms with E-state index in [1.54, 1.807) is 12.5 Å². The molecule has 0 spiro atoms. The third-order valence-corrected chi connectivity index (χ3v) is 2.55. The van der Waals surface area contributed by atoms with E-state index in [0.29, 0.717) is 0 Å². The van der Waals surface area contributed by atoms with E-state index in [1.165, 1.54) is 0 Å². The third kappa shape index (κ3) is 2.46. The van der Waals surface area contributed by atoms with E-state index in [1.807, 2.05) is 19.3 Å². The Morgan fingerprint density at radius 2 is 1.59 bits per heavy atom. The van der Waals surface area contributed by atoms with E-state index in [9.17, 15) is 0 Å². The van der Waals surface area contributed by atoms with Crippen LogP contribution in [-0.4, -0.2) is 19.9 Å². The molecule has 0 saturated heterocycles. The molecule has 4 heteroatoms. The predicted octanol–water partition coefficient (Wildman–Crippen LogP) is 2.54. The zero-order valence-electron chi connectivity index (χ0n) is 10.6. The minimum Gasteiger partial charge on any atom is -0.244 e. The Kier molecular flexibility index (Phi) is 2.88. The van der Waals surface area contributed by atoms with Crippen LogP contribution in [0.1, 0.15) is 32.3 Å². The molecule has 2 heterocycles. The monoisotopic (exact) mass is 228 g/mol. The summed E-state index contributed by atoms with van der Waals surface area (Å²) in [6.07, 6.45) is 7.00. The Balaban J connectivity index is 2.40. The summed E-state index contributed by atoms with van der Waals surface area (Å²) in [5.41, 5.74) is 2.84. The van der Waals surface area contributed by atoms with Crippen molar-refractivity contribution in [3.05, 3.63) is 36.4 Å². The van der Waals surface area contributed by atoms with Gasteiger partial charge in [0.05, 0.1) is 0 Å². The predicted molar refractivity (Wildman–Crippen MR) is 66.5 cm³/mol. The smallest absolute Gasteiger partial charge is 0.133 e. The lowest BCUT2D eigenvalue weighted by molar-refractivity contribution is 0.545. The molecule has 0 bridgehead atoms. The van der Waals surface area contributed by atoms with E-state index < -0.39 is 0 Å². The van der Waals surface area contributed by atoms with Crippen LogP contribution in [0.4, 0.5) is 0 Å². The molecule has 0 amide bonds. The van der Waals surface area contributed by atoms with Crippen LogP contribution in [0.3, 0.4) is 0 Å². The van der Waals surface area contributed by atoms with Crippen molar-refractivity contribution in [3.8, 4) is 11.1 Å². The molecule has 0 aromatic carbocycles. The summed E-state index contributed by atoms with van der Waals surface area (Å²) in [4.78, 5) is 17.0. The van der Waals surface area contributed by atoms with Gasteiger partial charge in [0, 0.05) is 40.8 Å². The molecule has 0 fully saturated rings. The van der Waals surface area contributed by atoms with Gasteiger partial charge in [-0.3, -0.25) is 0 Å². The van der Waals surface area contributed by atoms with Crippen molar-refractivity contribution in [3.63, 3.8) is 0 Å². The Labute approximate surface area is 101 Å². The number of aromatic nitrogens is 4. The second-order valence-electron chi connectivity index (χ2n) is 5.07. The SMILES string of the molecule is Cc1ncncc1-c1cnc(C(C)(C)C)nc1. The van der Waals surface area contributed by atoms with Crippen molar-refractivity contribution in [1.82, 2.24) is 19.9 Å². The fraction of sp³-hybridized carbons (Fsp3) is 0.385. The van der Waals surface area contributed by atoms with Crippen LogP contribution >= 0.6 is 0 Å². The van der Waals surface area contributed by atoms with Crippen LogP contribution in [-0.2, 0) is 5.41 Å². The maximum absolute atomic E-state index is 4.40. The molecule has 0 aliphatic heterocycles. The standard InChI is InChI=1S/C13H16N4/c1-9-11(7-14-8-17-9)10-5-15-12(16-6-10)13(2,3)4/h5-8H,1-4H3. The highest BCUT2D eigenvalue weighted by atomic mass is 14.9. The minimum atomic E-state index is -0.0270. The summed E-state index contributed by atoms with van der Waals surface area (Å²) >= 11 is 0. The molecule has 2 rings (SSSR count). The van der Waals surface area contributed by atoms with Crippen LogP contribution in [0.5, 0.6) is 0 Å². The Bertz CT molecular complexity index is 512. The van der Waals surface area contributed by atoms with Gasteiger partial charge < -0.3 is 0 Å². The summed E-state index contributed by atoms with van der Waals surface area (Å²) in [7, 11) is 0. The summed E-state index contributed by atoms with van der Waals surface area (Å²) in [6.45, 7) is 8.24. The van der Waals surface area contributed by atoms with Crippen LogP contribution < -0.4 is 0 Å². The Hall–Kier alpha value is -1.84. The van der Waals surface area contributed by atoms with Gasteiger partial charge in [0.1, 0.15) is 12.2 Å². The highest BCUT2D eigenvalue weighted by molar-refractivity contribution is 5.62. The summed E-state index contributed by atoms with van der Waals surface area (Å²) in [5.74, 6) is 0.843. The van der Waals surface area contributed by atoms with E-state index in [-0.39, 0.29) is 5.41 Å². The summed E-state index contributed by atoms with van der Waals surface area (Å²) < 4.78 is 0. The van der Waals surface area contributed by atoms with Crippen LogP contribution in [0, 0.1) is 6.92 Å². The van der Waals surface area contributed by atoms with Crippen molar-refractivity contribution in [2.45, 2.75) is 33.1 Å².